The van der Waals surface area contributed by atoms with Gasteiger partial charge in [-0.3, -0.25) is 0 Å². The average molecular weight is 259 g/mol. The summed E-state index contributed by atoms with van der Waals surface area (Å²) in [5, 5.41) is 17.7. The molecule has 0 radical (unpaired) electrons. The molecule has 0 aliphatic rings. The van der Waals surface area contributed by atoms with Crippen molar-refractivity contribution >= 4 is 23.2 Å². The predicted octanol–water partition coefficient (Wildman–Crippen LogP) is 2.88. The second-order valence-corrected chi connectivity index (χ2v) is 3.34. The Balaban J connectivity index is 0.000000160. The van der Waals surface area contributed by atoms with Crippen molar-refractivity contribution in [1.82, 2.24) is 9.97 Å². The van der Waals surface area contributed by atoms with Crippen molar-refractivity contribution in [3.8, 4) is 11.5 Å². The molecule has 2 N–H and O–H groups in total. The number of rotatable bonds is 0. The lowest BCUT2D eigenvalue weighted by atomic mass is 10.5. The Labute approximate surface area is 102 Å². The van der Waals surface area contributed by atoms with Crippen LogP contribution in [-0.2, 0) is 0 Å². The van der Waals surface area contributed by atoms with Crippen LogP contribution >= 0.6 is 23.2 Å². The normalized spacial score (nSPS) is 9.12. The fraction of sp³-hybridized carbons (Fsp3) is 0. The molecule has 84 valence electrons. The maximum atomic E-state index is 8.72. The maximum absolute atomic E-state index is 8.72. The van der Waals surface area contributed by atoms with Crippen molar-refractivity contribution in [1.29, 1.82) is 0 Å². The molecule has 16 heavy (non-hydrogen) atoms. The Morgan fingerprint density at radius 2 is 1.19 bits per heavy atom. The number of pyridine rings is 2. The highest BCUT2D eigenvalue weighted by Crippen LogP contribution is 2.17. The summed E-state index contributed by atoms with van der Waals surface area (Å²) in [6, 6.07) is 6.19. The van der Waals surface area contributed by atoms with Gasteiger partial charge in [0.1, 0.15) is 0 Å². The zero-order valence-electron chi connectivity index (χ0n) is 8.01. The Morgan fingerprint density at radius 3 is 1.38 bits per heavy atom. The van der Waals surface area contributed by atoms with Crippen LogP contribution in [0.2, 0.25) is 10.3 Å². The van der Waals surface area contributed by atoms with E-state index in [-0.39, 0.29) is 21.8 Å². The number of nitrogens with zero attached hydrogens (tertiary/aromatic N) is 2. The summed E-state index contributed by atoms with van der Waals surface area (Å²) in [5.74, 6) is 0.0448. The fourth-order valence-corrected chi connectivity index (χ4v) is 0.994. The Kier molecular flexibility index (Phi) is 4.82. The standard InChI is InChI=1S/2C5H4ClNO/c2*6-5-4(8)2-1-3-7-5/h2*1-3,8H. The molecule has 6 heteroatoms. The number of aromatic hydroxyl groups is 2. The van der Waals surface area contributed by atoms with E-state index in [1.165, 1.54) is 24.5 Å². The van der Waals surface area contributed by atoms with Gasteiger partial charge in [0.05, 0.1) is 0 Å². The summed E-state index contributed by atoms with van der Waals surface area (Å²) in [5.41, 5.74) is 0. The van der Waals surface area contributed by atoms with Gasteiger partial charge in [-0.2, -0.15) is 0 Å². The summed E-state index contributed by atoms with van der Waals surface area (Å²) < 4.78 is 0. The van der Waals surface area contributed by atoms with Gasteiger partial charge in [0, 0.05) is 12.4 Å². The molecular formula is C10H8Cl2N2O2. The quantitative estimate of drug-likeness (QED) is 0.714. The molecule has 2 rings (SSSR count). The highest BCUT2D eigenvalue weighted by molar-refractivity contribution is 6.31. The number of halogens is 2. The summed E-state index contributed by atoms with van der Waals surface area (Å²) in [7, 11) is 0. The van der Waals surface area contributed by atoms with E-state index in [2.05, 4.69) is 9.97 Å². The Morgan fingerprint density at radius 1 is 0.812 bits per heavy atom. The lowest BCUT2D eigenvalue weighted by Gasteiger charge is -1.88. The molecule has 0 atom stereocenters. The first-order valence-electron chi connectivity index (χ1n) is 4.20. The van der Waals surface area contributed by atoms with Crippen LogP contribution in [0.1, 0.15) is 0 Å². The van der Waals surface area contributed by atoms with Gasteiger partial charge >= 0.3 is 0 Å². The number of hydrogen-bond donors (Lipinski definition) is 2. The molecule has 0 aliphatic carbocycles. The smallest absolute Gasteiger partial charge is 0.170 e. The van der Waals surface area contributed by atoms with Crippen molar-refractivity contribution in [2.45, 2.75) is 0 Å². The van der Waals surface area contributed by atoms with Crippen LogP contribution in [0.4, 0.5) is 0 Å². The van der Waals surface area contributed by atoms with Gasteiger partial charge in [-0.05, 0) is 24.3 Å². The van der Waals surface area contributed by atoms with Crippen LogP contribution in [0.5, 0.6) is 11.5 Å². The van der Waals surface area contributed by atoms with Crippen LogP contribution in [-0.4, -0.2) is 20.2 Å². The van der Waals surface area contributed by atoms with Gasteiger partial charge in [0.2, 0.25) is 0 Å². The zero-order chi connectivity index (χ0) is 12.0. The van der Waals surface area contributed by atoms with Crippen molar-refractivity contribution < 1.29 is 10.2 Å². The lowest BCUT2D eigenvalue weighted by molar-refractivity contribution is 0.472. The molecule has 0 amide bonds. The van der Waals surface area contributed by atoms with Crippen molar-refractivity contribution in [3.63, 3.8) is 0 Å². The van der Waals surface area contributed by atoms with Gasteiger partial charge in [0.25, 0.3) is 0 Å². The topological polar surface area (TPSA) is 66.2 Å². The van der Waals surface area contributed by atoms with Crippen LogP contribution < -0.4 is 0 Å². The maximum Gasteiger partial charge on any atom is 0.170 e. The molecule has 0 aromatic carbocycles. The van der Waals surface area contributed by atoms with Crippen LogP contribution in [0.3, 0.4) is 0 Å². The third-order valence-corrected chi connectivity index (χ3v) is 2.06. The van der Waals surface area contributed by atoms with E-state index in [4.69, 9.17) is 33.4 Å². The van der Waals surface area contributed by atoms with Gasteiger partial charge in [-0.15, -0.1) is 0 Å². The van der Waals surface area contributed by atoms with Crippen molar-refractivity contribution in [2.75, 3.05) is 0 Å². The van der Waals surface area contributed by atoms with E-state index >= 15 is 0 Å². The fourth-order valence-electron chi connectivity index (χ4n) is 0.755. The van der Waals surface area contributed by atoms with Gasteiger partial charge in [-0.25, -0.2) is 9.97 Å². The van der Waals surface area contributed by atoms with E-state index in [0.717, 1.165) is 0 Å². The Bertz CT molecular complexity index is 381. The molecule has 0 fully saturated rings. The first-order valence-corrected chi connectivity index (χ1v) is 4.96. The third-order valence-electron chi connectivity index (χ3n) is 1.48. The molecule has 0 spiro atoms. The van der Waals surface area contributed by atoms with Crippen LogP contribution in [0.15, 0.2) is 36.7 Å². The second kappa shape index (κ2) is 6.15. The molecule has 0 saturated heterocycles. The predicted molar refractivity (Wildman–Crippen MR) is 61.8 cm³/mol. The average Bonchev–Trinajstić information content (AvgIpc) is 2.28. The van der Waals surface area contributed by atoms with Crippen molar-refractivity contribution in [3.05, 3.63) is 47.0 Å². The minimum absolute atomic E-state index is 0.0224. The van der Waals surface area contributed by atoms with E-state index < -0.39 is 0 Å². The zero-order valence-corrected chi connectivity index (χ0v) is 9.52. The molecule has 2 heterocycles. The van der Waals surface area contributed by atoms with Gasteiger partial charge < -0.3 is 10.2 Å². The molecule has 0 aliphatic heterocycles. The minimum atomic E-state index is 0.0224. The molecule has 0 bridgehead atoms. The van der Waals surface area contributed by atoms with E-state index in [0.29, 0.717) is 0 Å². The summed E-state index contributed by atoms with van der Waals surface area (Å²) >= 11 is 10.7. The highest BCUT2D eigenvalue weighted by Gasteiger charge is 1.92. The van der Waals surface area contributed by atoms with E-state index in [1.54, 1.807) is 12.1 Å². The SMILES string of the molecule is Oc1cccnc1Cl.Oc1cccnc1Cl. The Hall–Kier alpha value is -1.52. The number of hydrogen-bond acceptors (Lipinski definition) is 4. The first-order chi connectivity index (χ1) is 7.61. The van der Waals surface area contributed by atoms with Gasteiger partial charge in [0.15, 0.2) is 21.8 Å². The minimum Gasteiger partial charge on any atom is -0.505 e. The largest absolute Gasteiger partial charge is 0.505 e. The lowest BCUT2D eigenvalue weighted by Crippen LogP contribution is -1.70. The van der Waals surface area contributed by atoms with Crippen molar-refractivity contribution in [2.24, 2.45) is 0 Å². The molecular weight excluding hydrogens is 251 g/mol. The highest BCUT2D eigenvalue weighted by atomic mass is 35.5. The summed E-state index contributed by atoms with van der Waals surface area (Å²) in [6.45, 7) is 0. The van der Waals surface area contributed by atoms with Gasteiger partial charge in [-0.1, -0.05) is 23.2 Å². The van der Waals surface area contributed by atoms with E-state index in [1.807, 2.05) is 0 Å². The molecule has 0 saturated carbocycles. The second-order valence-electron chi connectivity index (χ2n) is 2.63. The summed E-state index contributed by atoms with van der Waals surface area (Å²) in [4.78, 5) is 7.19. The molecule has 0 unspecified atom stereocenters. The van der Waals surface area contributed by atoms with Crippen LogP contribution in [0, 0.1) is 0 Å². The van der Waals surface area contributed by atoms with E-state index in [9.17, 15) is 0 Å². The number of aromatic nitrogens is 2. The third kappa shape index (κ3) is 3.92. The monoisotopic (exact) mass is 258 g/mol. The molecule has 2 aromatic rings. The molecule has 2 aromatic heterocycles. The molecule has 4 nitrogen and oxygen atoms in total. The summed E-state index contributed by atoms with van der Waals surface area (Å²) in [6.07, 6.45) is 3.03. The first kappa shape index (κ1) is 12.5. The van der Waals surface area contributed by atoms with Crippen LogP contribution in [0.25, 0.3) is 0 Å².